The number of non-ortho nitro benzene ring substituents is 1. The molecule has 0 bridgehead atoms. The van der Waals surface area contributed by atoms with E-state index in [0.29, 0.717) is 23.2 Å². The second kappa shape index (κ2) is 8.57. The third kappa shape index (κ3) is 5.27. The number of nitro benzene ring substituents is 1. The molecule has 2 rings (SSSR count). The largest absolute Gasteiger partial charge is 0.324 e. The minimum absolute atomic E-state index is 0.0374. The molecule has 0 unspecified atom stereocenters. The lowest BCUT2D eigenvalue weighted by Gasteiger charge is -2.19. The molecule has 0 radical (unpaired) electrons. The molecule has 1 N–H and O–H groups in total. The summed E-state index contributed by atoms with van der Waals surface area (Å²) in [7, 11) is 0. The van der Waals surface area contributed by atoms with Crippen molar-refractivity contribution < 1.29 is 9.72 Å². The Kier molecular flexibility index (Phi) is 6.73. The van der Waals surface area contributed by atoms with Gasteiger partial charge in [0.15, 0.2) is 0 Å². The van der Waals surface area contributed by atoms with Crippen LogP contribution in [0.2, 0.25) is 4.34 Å². The van der Waals surface area contributed by atoms with E-state index >= 15 is 0 Å². The van der Waals surface area contributed by atoms with Crippen molar-refractivity contribution in [2.24, 2.45) is 0 Å². The molecule has 1 aromatic carbocycles. The summed E-state index contributed by atoms with van der Waals surface area (Å²) in [5, 5.41) is 13.5. The van der Waals surface area contributed by atoms with E-state index in [1.807, 2.05) is 24.0 Å². The summed E-state index contributed by atoms with van der Waals surface area (Å²) < 4.78 is 1.19. The average Bonchev–Trinajstić information content (AvgIpc) is 2.93. The van der Waals surface area contributed by atoms with Gasteiger partial charge in [0.05, 0.1) is 21.5 Å². The van der Waals surface area contributed by atoms with Crippen LogP contribution in [-0.4, -0.2) is 28.8 Å². The fraction of sp³-hybridized carbons (Fsp3) is 0.267. The normalized spacial score (nSPS) is 10.8. The van der Waals surface area contributed by atoms with Gasteiger partial charge in [-0.15, -0.1) is 11.3 Å². The van der Waals surface area contributed by atoms with Gasteiger partial charge in [0.25, 0.3) is 5.69 Å². The molecule has 2 aromatic rings. The van der Waals surface area contributed by atoms with Crippen LogP contribution in [0.3, 0.4) is 0 Å². The monoisotopic (exact) mass is 431 g/mol. The zero-order valence-electron chi connectivity index (χ0n) is 12.8. The maximum atomic E-state index is 12.2. The number of amides is 1. The molecule has 6 nitrogen and oxygen atoms in total. The molecule has 9 heteroatoms. The van der Waals surface area contributed by atoms with Crippen LogP contribution in [0.15, 0.2) is 34.8 Å². The Morgan fingerprint density at radius 3 is 2.71 bits per heavy atom. The Morgan fingerprint density at radius 1 is 1.42 bits per heavy atom. The second-order valence-electron chi connectivity index (χ2n) is 4.98. The highest BCUT2D eigenvalue weighted by Gasteiger charge is 2.14. The van der Waals surface area contributed by atoms with Crippen LogP contribution < -0.4 is 5.32 Å². The van der Waals surface area contributed by atoms with Gasteiger partial charge in [0.1, 0.15) is 0 Å². The first-order valence-corrected chi connectivity index (χ1v) is 9.08. The highest BCUT2D eigenvalue weighted by molar-refractivity contribution is 9.10. The average molecular weight is 433 g/mol. The second-order valence-corrected chi connectivity index (χ2v) is 7.63. The van der Waals surface area contributed by atoms with E-state index in [1.165, 1.54) is 29.5 Å². The van der Waals surface area contributed by atoms with Gasteiger partial charge in [-0.2, -0.15) is 0 Å². The maximum Gasteiger partial charge on any atom is 0.270 e. The van der Waals surface area contributed by atoms with Crippen molar-refractivity contribution in [3.63, 3.8) is 0 Å². The lowest BCUT2D eigenvalue weighted by Crippen LogP contribution is -2.32. The molecule has 128 valence electrons. The highest BCUT2D eigenvalue weighted by Crippen LogP contribution is 2.27. The molecule has 0 saturated carbocycles. The lowest BCUT2D eigenvalue weighted by atomic mass is 10.3. The smallest absolute Gasteiger partial charge is 0.270 e. The zero-order chi connectivity index (χ0) is 17.7. The number of anilines is 1. The van der Waals surface area contributed by atoms with Gasteiger partial charge in [-0.05, 0) is 40.7 Å². The van der Waals surface area contributed by atoms with E-state index in [0.717, 1.165) is 9.21 Å². The van der Waals surface area contributed by atoms with Gasteiger partial charge in [-0.25, -0.2) is 0 Å². The first-order valence-electron chi connectivity index (χ1n) is 7.09. The van der Waals surface area contributed by atoms with Crippen LogP contribution in [0.5, 0.6) is 0 Å². The third-order valence-corrected chi connectivity index (χ3v) is 5.13. The number of halogens is 2. The molecule has 0 saturated heterocycles. The van der Waals surface area contributed by atoms with E-state index in [1.54, 1.807) is 0 Å². The van der Waals surface area contributed by atoms with Gasteiger partial charge in [0, 0.05) is 28.0 Å². The number of hydrogen-bond donors (Lipinski definition) is 1. The molecule has 0 spiro atoms. The van der Waals surface area contributed by atoms with Gasteiger partial charge in [0.2, 0.25) is 5.91 Å². The molecular formula is C15H15BrClN3O3S. The summed E-state index contributed by atoms with van der Waals surface area (Å²) in [5.74, 6) is -0.186. The number of hydrogen-bond acceptors (Lipinski definition) is 5. The van der Waals surface area contributed by atoms with Crippen LogP contribution in [0.1, 0.15) is 11.8 Å². The first-order chi connectivity index (χ1) is 11.4. The third-order valence-electron chi connectivity index (χ3n) is 3.26. The summed E-state index contributed by atoms with van der Waals surface area (Å²) in [6.07, 6.45) is 0. The standard InChI is InChI=1S/C15H15BrClN3O3S/c1-2-19(8-11-4-6-14(17)24-11)9-15(21)18-13-5-3-10(20(22)23)7-12(13)16/h3-7H,2,8-9H2,1H3,(H,18,21). The fourth-order valence-corrected chi connectivity index (χ4v) is 3.64. The van der Waals surface area contributed by atoms with Crippen LogP contribution in [0.25, 0.3) is 0 Å². The predicted molar refractivity (Wildman–Crippen MR) is 99.7 cm³/mol. The molecule has 1 aromatic heterocycles. The van der Waals surface area contributed by atoms with Gasteiger partial charge < -0.3 is 5.32 Å². The van der Waals surface area contributed by atoms with Crippen molar-refractivity contribution in [3.05, 3.63) is 54.1 Å². The quantitative estimate of drug-likeness (QED) is 0.515. The summed E-state index contributed by atoms with van der Waals surface area (Å²) in [5.41, 5.74) is 0.463. The number of nitrogens with one attached hydrogen (secondary N) is 1. The van der Waals surface area contributed by atoms with E-state index in [4.69, 9.17) is 11.6 Å². The molecular weight excluding hydrogens is 418 g/mol. The number of carbonyl (C=O) groups is 1. The number of rotatable bonds is 7. The number of benzene rings is 1. The van der Waals surface area contributed by atoms with Crippen molar-refractivity contribution in [1.82, 2.24) is 4.90 Å². The molecule has 24 heavy (non-hydrogen) atoms. The van der Waals surface area contributed by atoms with Crippen LogP contribution in [-0.2, 0) is 11.3 Å². The predicted octanol–water partition coefficient (Wildman–Crippen LogP) is 4.53. The van der Waals surface area contributed by atoms with E-state index in [-0.39, 0.29) is 18.1 Å². The summed E-state index contributed by atoms with van der Waals surface area (Å²) in [6, 6.07) is 8.01. The number of nitrogens with zero attached hydrogens (tertiary/aromatic N) is 2. The van der Waals surface area contributed by atoms with E-state index in [9.17, 15) is 14.9 Å². The number of nitro groups is 1. The van der Waals surface area contributed by atoms with Crippen LogP contribution in [0, 0.1) is 10.1 Å². The molecule has 0 aliphatic heterocycles. The van der Waals surface area contributed by atoms with Crippen molar-refractivity contribution in [1.29, 1.82) is 0 Å². The van der Waals surface area contributed by atoms with Crippen molar-refractivity contribution in [2.75, 3.05) is 18.4 Å². The van der Waals surface area contributed by atoms with E-state index in [2.05, 4.69) is 21.2 Å². The Hall–Kier alpha value is -1.48. The van der Waals surface area contributed by atoms with Crippen LogP contribution in [0.4, 0.5) is 11.4 Å². The molecule has 1 heterocycles. The summed E-state index contributed by atoms with van der Waals surface area (Å²) in [6.45, 7) is 3.55. The Morgan fingerprint density at radius 2 is 2.17 bits per heavy atom. The lowest BCUT2D eigenvalue weighted by molar-refractivity contribution is -0.384. The van der Waals surface area contributed by atoms with Crippen molar-refractivity contribution >= 4 is 56.1 Å². The molecule has 1 amide bonds. The SMILES string of the molecule is CCN(CC(=O)Nc1ccc([N+](=O)[O-])cc1Br)Cc1ccc(Cl)s1. The number of carbonyl (C=O) groups excluding carboxylic acids is 1. The topological polar surface area (TPSA) is 75.5 Å². The minimum Gasteiger partial charge on any atom is -0.324 e. The zero-order valence-corrected chi connectivity index (χ0v) is 15.9. The Balaban J connectivity index is 1.97. The number of likely N-dealkylation sites (N-methyl/N-ethyl adjacent to an activating group) is 1. The highest BCUT2D eigenvalue weighted by atomic mass is 79.9. The van der Waals surface area contributed by atoms with Gasteiger partial charge in [-0.3, -0.25) is 19.8 Å². The fourth-order valence-electron chi connectivity index (χ4n) is 2.05. The Labute approximate surface area is 156 Å². The maximum absolute atomic E-state index is 12.2. The molecule has 0 atom stereocenters. The summed E-state index contributed by atoms with van der Waals surface area (Å²) in [4.78, 5) is 25.5. The summed E-state index contributed by atoms with van der Waals surface area (Å²) >= 11 is 10.6. The van der Waals surface area contributed by atoms with Gasteiger partial charge >= 0.3 is 0 Å². The minimum atomic E-state index is -0.485. The van der Waals surface area contributed by atoms with Crippen molar-refractivity contribution in [2.45, 2.75) is 13.5 Å². The Bertz CT molecular complexity index is 753. The van der Waals surface area contributed by atoms with Gasteiger partial charge in [-0.1, -0.05) is 18.5 Å². The van der Waals surface area contributed by atoms with Crippen molar-refractivity contribution in [3.8, 4) is 0 Å². The molecule has 0 aliphatic carbocycles. The number of thiophene rings is 1. The van der Waals surface area contributed by atoms with E-state index < -0.39 is 4.92 Å². The van der Waals surface area contributed by atoms with Crippen LogP contribution >= 0.6 is 38.9 Å². The first kappa shape index (κ1) is 18.9. The molecule has 0 fully saturated rings. The molecule has 0 aliphatic rings.